The molecule has 10 heteroatoms. The number of imidazole rings is 1. The molecule has 1 aromatic heterocycles. The molecule has 0 aliphatic carbocycles. The highest BCUT2D eigenvalue weighted by Gasteiger charge is 2.48. The Kier molecular flexibility index (Phi) is 3.61. The summed E-state index contributed by atoms with van der Waals surface area (Å²) in [4.78, 5) is 39.1. The average molecular weight is 342 g/mol. The summed E-state index contributed by atoms with van der Waals surface area (Å²) < 4.78 is 38.7. The van der Waals surface area contributed by atoms with Gasteiger partial charge in [-0.05, 0) is 31.0 Å². The van der Waals surface area contributed by atoms with Crippen LogP contribution in [0.3, 0.4) is 0 Å². The maximum absolute atomic E-state index is 12.7. The Morgan fingerprint density at radius 3 is 2.67 bits per heavy atom. The molecule has 1 aliphatic rings. The molecule has 0 spiro atoms. The van der Waals surface area contributed by atoms with Gasteiger partial charge >= 0.3 is 17.8 Å². The number of hydrogen-bond acceptors (Lipinski definition) is 4. The summed E-state index contributed by atoms with van der Waals surface area (Å²) in [5.41, 5.74) is 5.63. The summed E-state index contributed by atoms with van der Waals surface area (Å²) in [7, 11) is 0. The van der Waals surface area contributed by atoms with E-state index in [9.17, 15) is 27.6 Å². The molecule has 3 N–H and O–H groups in total. The second-order valence-corrected chi connectivity index (χ2v) is 5.53. The molecule has 128 valence electrons. The molecule has 24 heavy (non-hydrogen) atoms. The number of nitrogens with two attached hydrogens (primary N) is 1. The molecule has 7 nitrogen and oxygen atoms in total. The van der Waals surface area contributed by atoms with E-state index in [4.69, 9.17) is 5.73 Å². The van der Waals surface area contributed by atoms with Crippen LogP contribution in [0.15, 0.2) is 23.0 Å². The Morgan fingerprint density at radius 1 is 1.29 bits per heavy atom. The van der Waals surface area contributed by atoms with E-state index in [1.54, 1.807) is 0 Å². The third-order valence-electron chi connectivity index (χ3n) is 3.97. The molecule has 1 saturated heterocycles. The van der Waals surface area contributed by atoms with Crippen molar-refractivity contribution in [2.45, 2.75) is 25.1 Å². The predicted octanol–water partition coefficient (Wildman–Crippen LogP) is 1.11. The number of benzene rings is 1. The molecule has 0 bridgehead atoms. The average Bonchev–Trinajstić information content (AvgIpc) is 3.08. The summed E-state index contributed by atoms with van der Waals surface area (Å²) in [5, 5.41) is 0. The number of amides is 1. The van der Waals surface area contributed by atoms with Gasteiger partial charge in [-0.15, -0.1) is 0 Å². The number of carbonyl (C=O) groups is 2. The zero-order valence-corrected chi connectivity index (χ0v) is 12.3. The highest BCUT2D eigenvalue weighted by molar-refractivity contribution is 5.97. The molecule has 2 aromatic rings. The van der Waals surface area contributed by atoms with Crippen LogP contribution >= 0.6 is 0 Å². The molecule has 1 aromatic carbocycles. The molecule has 0 saturated carbocycles. The summed E-state index contributed by atoms with van der Waals surface area (Å²) in [6.45, 7) is -0.187. The van der Waals surface area contributed by atoms with E-state index in [0.29, 0.717) is 10.4 Å². The van der Waals surface area contributed by atoms with Gasteiger partial charge in [-0.1, -0.05) is 0 Å². The van der Waals surface area contributed by atoms with Gasteiger partial charge in [-0.3, -0.25) is 9.59 Å². The molecular formula is C14H13F3N4O3. The zero-order chi connectivity index (χ0) is 17.6. The molecule has 1 aliphatic heterocycles. The Hall–Kier alpha value is -2.78. The minimum Gasteiger partial charge on any atom is -0.399 e. The number of aromatic nitrogens is 2. The first-order chi connectivity index (χ1) is 11.2. The number of likely N-dealkylation sites (tertiary alicyclic amines) is 1. The van der Waals surface area contributed by atoms with Crippen molar-refractivity contribution in [3.63, 3.8) is 0 Å². The quantitative estimate of drug-likeness (QED) is 0.758. The van der Waals surface area contributed by atoms with Crippen LogP contribution in [0.5, 0.6) is 0 Å². The van der Waals surface area contributed by atoms with Gasteiger partial charge in [0.15, 0.2) is 0 Å². The maximum Gasteiger partial charge on any atom is 0.471 e. The van der Waals surface area contributed by atoms with Crippen LogP contribution in [-0.2, 0) is 4.79 Å². The van der Waals surface area contributed by atoms with Gasteiger partial charge in [0.25, 0.3) is 5.91 Å². The summed E-state index contributed by atoms with van der Waals surface area (Å²) in [6.07, 6.45) is -4.77. The topological polar surface area (TPSA) is 101 Å². The van der Waals surface area contributed by atoms with Crippen LogP contribution in [-0.4, -0.2) is 45.0 Å². The number of anilines is 1. The van der Waals surface area contributed by atoms with Gasteiger partial charge in [0.1, 0.15) is 6.04 Å². The number of halogens is 3. The SMILES string of the molecule is Nc1ccc2[nH]c(=O)n(C(=O)C3CCCN3C(=O)C(F)(F)F)c2c1. The number of alkyl halides is 3. The van der Waals surface area contributed by atoms with Crippen LogP contribution in [0.25, 0.3) is 11.0 Å². The molecule has 3 rings (SSSR count). The standard InChI is InChI=1S/C14H13F3N4O3/c15-14(16,17)12(23)20-5-1-2-9(20)11(22)21-10-6-7(18)3-4-8(10)19-13(21)24/h3-4,6,9H,1-2,5,18H2,(H,19,24). The Bertz CT molecular complexity index is 883. The predicted molar refractivity (Wildman–Crippen MR) is 78.4 cm³/mol. The number of H-pyrrole nitrogens is 1. The molecule has 1 fully saturated rings. The molecular weight excluding hydrogens is 329 g/mol. The third kappa shape index (κ3) is 2.53. The Labute approximate surface area is 132 Å². The van der Waals surface area contributed by atoms with Crippen molar-refractivity contribution in [2.24, 2.45) is 0 Å². The second kappa shape index (κ2) is 5.39. The van der Waals surface area contributed by atoms with E-state index in [1.165, 1.54) is 18.2 Å². The molecule has 0 radical (unpaired) electrons. The van der Waals surface area contributed by atoms with E-state index in [-0.39, 0.29) is 30.6 Å². The smallest absolute Gasteiger partial charge is 0.399 e. The van der Waals surface area contributed by atoms with E-state index in [1.807, 2.05) is 0 Å². The van der Waals surface area contributed by atoms with Crippen LogP contribution in [0, 0.1) is 0 Å². The van der Waals surface area contributed by atoms with Crippen LogP contribution in [0.1, 0.15) is 17.6 Å². The van der Waals surface area contributed by atoms with Crippen molar-refractivity contribution >= 4 is 28.5 Å². The first kappa shape index (κ1) is 16.1. The highest BCUT2D eigenvalue weighted by atomic mass is 19.4. The second-order valence-electron chi connectivity index (χ2n) is 5.53. The van der Waals surface area contributed by atoms with Gasteiger partial charge < -0.3 is 15.6 Å². The number of nitrogens with zero attached hydrogens (tertiary/aromatic N) is 2. The lowest BCUT2D eigenvalue weighted by Gasteiger charge is -2.24. The number of nitrogens with one attached hydrogen (secondary N) is 1. The van der Waals surface area contributed by atoms with Gasteiger partial charge in [0.05, 0.1) is 11.0 Å². The molecule has 1 unspecified atom stereocenters. The molecule has 1 amide bonds. The van der Waals surface area contributed by atoms with Crippen LogP contribution in [0.4, 0.5) is 18.9 Å². The molecule has 1 atom stereocenters. The number of rotatable bonds is 1. The fourth-order valence-corrected chi connectivity index (χ4v) is 2.92. The van der Waals surface area contributed by atoms with Crippen molar-refractivity contribution < 1.29 is 22.8 Å². The van der Waals surface area contributed by atoms with Gasteiger partial charge in [0, 0.05) is 12.2 Å². The third-order valence-corrected chi connectivity index (χ3v) is 3.97. The number of nitrogen functional groups attached to an aromatic ring is 1. The lowest BCUT2D eigenvalue weighted by atomic mass is 10.2. The Balaban J connectivity index is 2.03. The van der Waals surface area contributed by atoms with E-state index < -0.39 is 29.7 Å². The largest absolute Gasteiger partial charge is 0.471 e. The van der Waals surface area contributed by atoms with Crippen LogP contribution < -0.4 is 11.4 Å². The normalized spacial score (nSPS) is 18.3. The van der Waals surface area contributed by atoms with Gasteiger partial charge in [-0.25, -0.2) is 9.36 Å². The molecule has 2 heterocycles. The zero-order valence-electron chi connectivity index (χ0n) is 12.3. The van der Waals surface area contributed by atoms with E-state index >= 15 is 0 Å². The first-order valence-corrected chi connectivity index (χ1v) is 7.12. The van der Waals surface area contributed by atoms with Crippen molar-refractivity contribution in [3.8, 4) is 0 Å². The summed E-state index contributed by atoms with van der Waals surface area (Å²) >= 11 is 0. The fourth-order valence-electron chi connectivity index (χ4n) is 2.92. The van der Waals surface area contributed by atoms with E-state index in [0.717, 1.165) is 4.57 Å². The lowest BCUT2D eigenvalue weighted by molar-refractivity contribution is -0.185. The monoisotopic (exact) mass is 342 g/mol. The van der Waals surface area contributed by atoms with Crippen molar-refractivity contribution in [1.82, 2.24) is 14.5 Å². The van der Waals surface area contributed by atoms with Gasteiger partial charge in [-0.2, -0.15) is 13.2 Å². The van der Waals surface area contributed by atoms with Crippen molar-refractivity contribution in [1.29, 1.82) is 0 Å². The number of hydrogen-bond donors (Lipinski definition) is 2. The van der Waals surface area contributed by atoms with Gasteiger partial charge in [0.2, 0.25) is 0 Å². The first-order valence-electron chi connectivity index (χ1n) is 7.12. The minimum absolute atomic E-state index is 0.0576. The van der Waals surface area contributed by atoms with E-state index in [2.05, 4.69) is 4.98 Å². The minimum atomic E-state index is -5.07. The number of fused-ring (bicyclic) bond motifs is 1. The summed E-state index contributed by atoms with van der Waals surface area (Å²) in [6, 6.07) is 3.04. The van der Waals surface area contributed by atoms with Crippen molar-refractivity contribution in [3.05, 3.63) is 28.7 Å². The fraction of sp³-hybridized carbons (Fsp3) is 0.357. The maximum atomic E-state index is 12.7. The summed E-state index contributed by atoms with van der Waals surface area (Å²) in [5.74, 6) is -2.96. The lowest BCUT2D eigenvalue weighted by Crippen LogP contribution is -2.49. The number of carbonyl (C=O) groups excluding carboxylic acids is 2. The highest BCUT2D eigenvalue weighted by Crippen LogP contribution is 2.27. The van der Waals surface area contributed by atoms with Crippen LogP contribution in [0.2, 0.25) is 0 Å². The van der Waals surface area contributed by atoms with Crippen molar-refractivity contribution in [2.75, 3.05) is 12.3 Å². The Morgan fingerprint density at radius 2 is 2.00 bits per heavy atom. The number of aromatic amines is 1.